The van der Waals surface area contributed by atoms with Gasteiger partial charge in [-0.15, -0.1) is 0 Å². The Balaban J connectivity index is 2.39. The van der Waals surface area contributed by atoms with Crippen LogP contribution in [0.1, 0.15) is 11.3 Å². The molecule has 1 aliphatic rings. The number of nitrogens with zero attached hydrogens (tertiary/aromatic N) is 1. The first-order valence-corrected chi connectivity index (χ1v) is 4.85. The third-order valence-electron chi connectivity index (χ3n) is 2.69. The summed E-state index contributed by atoms with van der Waals surface area (Å²) < 4.78 is 5.61. The van der Waals surface area contributed by atoms with Gasteiger partial charge >= 0.3 is 0 Å². The molecule has 0 amide bonds. The van der Waals surface area contributed by atoms with Crippen LogP contribution in [0.4, 0.5) is 0 Å². The molecular weight excluding hydrogens is 174 g/mol. The summed E-state index contributed by atoms with van der Waals surface area (Å²) in [5.74, 6) is 1.04. The van der Waals surface area contributed by atoms with Crippen LogP contribution in [0.5, 0.6) is 5.75 Å². The zero-order valence-electron chi connectivity index (χ0n) is 8.08. The highest BCUT2D eigenvalue weighted by Gasteiger charge is 2.14. The van der Waals surface area contributed by atoms with Gasteiger partial charge < -0.3 is 4.74 Å². The van der Waals surface area contributed by atoms with E-state index in [-0.39, 0.29) is 0 Å². The Bertz CT molecular complexity index is 505. The van der Waals surface area contributed by atoms with Gasteiger partial charge in [-0.3, -0.25) is 4.98 Å². The fourth-order valence-corrected chi connectivity index (χ4v) is 1.98. The molecule has 0 saturated heterocycles. The molecule has 1 aromatic carbocycles. The van der Waals surface area contributed by atoms with Crippen molar-refractivity contribution in [2.24, 2.45) is 0 Å². The quantitative estimate of drug-likeness (QED) is 0.629. The molecule has 2 heterocycles. The van der Waals surface area contributed by atoms with E-state index in [1.165, 1.54) is 10.9 Å². The minimum Gasteiger partial charge on any atom is -0.492 e. The number of ether oxygens (including phenoxy) is 1. The zero-order valence-corrected chi connectivity index (χ0v) is 8.08. The standard InChI is InChI=1S/C12H11NO/c1-8-6-10-3-2-9-4-5-14-12(9)11(10)7-13-8/h2-3,6-7H,4-5H2,1H3. The molecule has 0 radical (unpaired) electrons. The number of aromatic nitrogens is 1. The highest BCUT2D eigenvalue weighted by molar-refractivity contribution is 5.89. The highest BCUT2D eigenvalue weighted by Crippen LogP contribution is 2.33. The molecule has 3 rings (SSSR count). The van der Waals surface area contributed by atoms with Crippen LogP contribution in [-0.2, 0) is 6.42 Å². The van der Waals surface area contributed by atoms with Gasteiger partial charge in [-0.05, 0) is 23.9 Å². The Hall–Kier alpha value is -1.57. The molecule has 2 aromatic rings. The number of hydrogen-bond acceptors (Lipinski definition) is 2. The van der Waals surface area contributed by atoms with Crippen LogP contribution in [-0.4, -0.2) is 11.6 Å². The molecule has 0 N–H and O–H groups in total. The Morgan fingerprint density at radius 2 is 2.29 bits per heavy atom. The summed E-state index contributed by atoms with van der Waals surface area (Å²) in [6.45, 7) is 2.82. The molecule has 14 heavy (non-hydrogen) atoms. The van der Waals surface area contributed by atoms with Gasteiger partial charge in [0, 0.05) is 23.7 Å². The molecule has 70 valence electrons. The molecule has 0 aliphatic carbocycles. The van der Waals surface area contributed by atoms with Crippen molar-refractivity contribution in [1.29, 1.82) is 0 Å². The third-order valence-corrected chi connectivity index (χ3v) is 2.69. The summed E-state index contributed by atoms with van der Waals surface area (Å²) in [4.78, 5) is 4.30. The lowest BCUT2D eigenvalue weighted by Gasteiger charge is -2.04. The van der Waals surface area contributed by atoms with E-state index in [9.17, 15) is 0 Å². The van der Waals surface area contributed by atoms with Gasteiger partial charge in [0.1, 0.15) is 5.75 Å². The summed E-state index contributed by atoms with van der Waals surface area (Å²) in [6, 6.07) is 6.40. The van der Waals surface area contributed by atoms with Gasteiger partial charge in [0.25, 0.3) is 0 Å². The average Bonchev–Trinajstić information content (AvgIpc) is 2.65. The first kappa shape index (κ1) is 7.80. The molecule has 0 atom stereocenters. The second-order valence-electron chi connectivity index (χ2n) is 3.70. The Labute approximate surface area is 82.5 Å². The molecule has 2 heteroatoms. The molecule has 2 nitrogen and oxygen atoms in total. The van der Waals surface area contributed by atoms with Gasteiger partial charge in [-0.25, -0.2) is 0 Å². The van der Waals surface area contributed by atoms with Crippen molar-refractivity contribution < 1.29 is 4.74 Å². The van der Waals surface area contributed by atoms with Crippen molar-refractivity contribution in [3.8, 4) is 5.75 Å². The normalized spacial score (nSPS) is 14.1. The minimum absolute atomic E-state index is 0.808. The molecule has 0 fully saturated rings. The van der Waals surface area contributed by atoms with E-state index in [1.54, 1.807) is 0 Å². The van der Waals surface area contributed by atoms with Crippen molar-refractivity contribution in [3.63, 3.8) is 0 Å². The zero-order chi connectivity index (χ0) is 9.54. The largest absolute Gasteiger partial charge is 0.492 e. The predicted octanol–water partition coefficient (Wildman–Crippen LogP) is 2.48. The van der Waals surface area contributed by atoms with Crippen molar-refractivity contribution >= 4 is 10.8 Å². The van der Waals surface area contributed by atoms with Gasteiger partial charge in [-0.1, -0.05) is 12.1 Å². The van der Waals surface area contributed by atoms with Crippen molar-refractivity contribution in [1.82, 2.24) is 4.98 Å². The van der Waals surface area contributed by atoms with Gasteiger partial charge in [0.2, 0.25) is 0 Å². The number of pyridine rings is 1. The summed E-state index contributed by atoms with van der Waals surface area (Å²) in [5.41, 5.74) is 2.36. The van der Waals surface area contributed by atoms with E-state index in [4.69, 9.17) is 4.74 Å². The molecule has 0 spiro atoms. The maximum Gasteiger partial charge on any atom is 0.131 e. The van der Waals surface area contributed by atoms with E-state index in [0.717, 1.165) is 29.9 Å². The fourth-order valence-electron chi connectivity index (χ4n) is 1.98. The summed E-state index contributed by atoms with van der Waals surface area (Å²) >= 11 is 0. The first-order valence-electron chi connectivity index (χ1n) is 4.85. The first-order chi connectivity index (χ1) is 6.84. The van der Waals surface area contributed by atoms with Gasteiger partial charge in [0.15, 0.2) is 0 Å². The topological polar surface area (TPSA) is 22.1 Å². The average molecular weight is 185 g/mol. The summed E-state index contributed by atoms with van der Waals surface area (Å²) in [7, 11) is 0. The number of benzene rings is 1. The second kappa shape index (κ2) is 2.71. The summed E-state index contributed by atoms with van der Waals surface area (Å²) in [6.07, 6.45) is 2.94. The Kier molecular flexibility index (Phi) is 1.51. The lowest BCUT2D eigenvalue weighted by molar-refractivity contribution is 0.360. The maximum atomic E-state index is 5.61. The Morgan fingerprint density at radius 1 is 1.36 bits per heavy atom. The van der Waals surface area contributed by atoms with E-state index >= 15 is 0 Å². The van der Waals surface area contributed by atoms with Crippen LogP contribution in [0.2, 0.25) is 0 Å². The molecular formula is C12H11NO. The molecule has 1 aliphatic heterocycles. The number of fused-ring (bicyclic) bond motifs is 3. The molecule has 1 aromatic heterocycles. The van der Waals surface area contributed by atoms with Crippen LogP contribution in [0.25, 0.3) is 10.8 Å². The predicted molar refractivity (Wildman–Crippen MR) is 55.7 cm³/mol. The maximum absolute atomic E-state index is 5.61. The minimum atomic E-state index is 0.808. The van der Waals surface area contributed by atoms with Crippen molar-refractivity contribution in [2.45, 2.75) is 13.3 Å². The summed E-state index contributed by atoms with van der Waals surface area (Å²) in [5, 5.41) is 2.36. The van der Waals surface area contributed by atoms with E-state index in [2.05, 4.69) is 23.2 Å². The number of rotatable bonds is 0. The lowest BCUT2D eigenvalue weighted by Crippen LogP contribution is -1.88. The van der Waals surface area contributed by atoms with Crippen molar-refractivity contribution in [3.05, 3.63) is 35.7 Å². The van der Waals surface area contributed by atoms with Gasteiger partial charge in [-0.2, -0.15) is 0 Å². The fraction of sp³-hybridized carbons (Fsp3) is 0.250. The van der Waals surface area contributed by atoms with Crippen LogP contribution >= 0.6 is 0 Å². The lowest BCUT2D eigenvalue weighted by atomic mass is 10.1. The van der Waals surface area contributed by atoms with Crippen LogP contribution < -0.4 is 4.74 Å². The molecule has 0 unspecified atom stereocenters. The third kappa shape index (κ3) is 1.00. The highest BCUT2D eigenvalue weighted by atomic mass is 16.5. The number of hydrogen-bond donors (Lipinski definition) is 0. The van der Waals surface area contributed by atoms with Crippen LogP contribution in [0.3, 0.4) is 0 Å². The second-order valence-corrected chi connectivity index (χ2v) is 3.70. The van der Waals surface area contributed by atoms with Crippen LogP contribution in [0, 0.1) is 6.92 Å². The van der Waals surface area contributed by atoms with E-state index in [0.29, 0.717) is 0 Å². The molecule has 0 saturated carbocycles. The van der Waals surface area contributed by atoms with Gasteiger partial charge in [0.05, 0.1) is 6.61 Å². The number of aryl methyl sites for hydroxylation is 1. The van der Waals surface area contributed by atoms with E-state index in [1.807, 2.05) is 13.1 Å². The smallest absolute Gasteiger partial charge is 0.131 e. The van der Waals surface area contributed by atoms with Crippen molar-refractivity contribution in [2.75, 3.05) is 6.61 Å². The van der Waals surface area contributed by atoms with E-state index < -0.39 is 0 Å². The monoisotopic (exact) mass is 185 g/mol. The Morgan fingerprint density at radius 3 is 3.21 bits per heavy atom. The molecule has 0 bridgehead atoms. The SMILES string of the molecule is Cc1cc2ccc3c(c2cn1)OCC3. The van der Waals surface area contributed by atoms with Crippen LogP contribution in [0.15, 0.2) is 24.4 Å².